The number of hydrogen-bond donors (Lipinski definition) is 0. The van der Waals surface area contributed by atoms with Gasteiger partial charge in [0, 0.05) is 28.4 Å². The minimum atomic E-state index is -1.95. The fourth-order valence-corrected chi connectivity index (χ4v) is 253. The summed E-state index contributed by atoms with van der Waals surface area (Å²) in [7, 11) is -11.1. The van der Waals surface area contributed by atoms with Crippen LogP contribution in [0.15, 0.2) is 109 Å². The van der Waals surface area contributed by atoms with E-state index in [2.05, 4.69) is 175 Å². The molecule has 0 saturated carbocycles. The lowest BCUT2D eigenvalue weighted by atomic mass is 9.94. The molecule has 10 rings (SSSR count). The number of rotatable bonds is 2. The van der Waals surface area contributed by atoms with Gasteiger partial charge in [-0.15, -0.1) is 0 Å². The van der Waals surface area contributed by atoms with Crippen LogP contribution in [0.1, 0.15) is 0 Å². The Morgan fingerprint density at radius 2 is 0.574 bits per heavy atom. The monoisotopic (exact) mass is 808 g/mol. The third-order valence-electron chi connectivity index (χ3n) is 17.0. The van der Waals surface area contributed by atoms with Crippen LogP contribution in [0, 0.1) is 0 Å². The molecular formula is C46H56O2Si6. The standard InChI is InChI=1S/C42H48Si6.C4H8O2/c1-43(2)44(3,4)48(10,38-28-24-34-20-18-30-14-12-16-32-22-26-36(38)42(34)40(30)32)46(7,8)45(5,6)47(43,9)37-27-23-33-19-17-29-13-11-15-31-21-25-35(37)41(33)39(29)31;1-2-6-4-3-5-1/h11-28H,1-10H3;1-4H2. The quantitative estimate of drug-likeness (QED) is 0.128. The summed E-state index contributed by atoms with van der Waals surface area (Å²) >= 11 is 0. The summed E-state index contributed by atoms with van der Waals surface area (Å²) in [6, 6.07) is 43.7. The summed E-state index contributed by atoms with van der Waals surface area (Å²) in [4.78, 5) is 0. The zero-order chi connectivity index (χ0) is 38.1. The van der Waals surface area contributed by atoms with Gasteiger partial charge < -0.3 is 9.47 Å². The molecule has 0 radical (unpaired) electrons. The Bertz CT molecular complexity index is 2480. The first-order valence-corrected chi connectivity index (χ1v) is 43.1. The predicted octanol–water partition coefficient (Wildman–Crippen LogP) is 11.1. The van der Waals surface area contributed by atoms with Gasteiger partial charge in [-0.05, 0) is 64.6 Å². The fourth-order valence-electron chi connectivity index (χ4n) is 12.2. The van der Waals surface area contributed by atoms with Crippen molar-refractivity contribution in [1.82, 2.24) is 0 Å². The molecule has 8 heteroatoms. The molecule has 2 aliphatic rings. The molecular weight excluding hydrogens is 753 g/mol. The van der Waals surface area contributed by atoms with Crippen LogP contribution in [0.5, 0.6) is 0 Å². The number of benzene rings is 8. The number of hydrogen-bond acceptors (Lipinski definition) is 2. The van der Waals surface area contributed by atoms with Crippen molar-refractivity contribution in [2.24, 2.45) is 0 Å². The van der Waals surface area contributed by atoms with E-state index in [9.17, 15) is 0 Å². The molecule has 0 unspecified atom stereocenters. The summed E-state index contributed by atoms with van der Waals surface area (Å²) in [6.07, 6.45) is 0. The van der Waals surface area contributed by atoms with Crippen molar-refractivity contribution in [1.29, 1.82) is 0 Å². The van der Waals surface area contributed by atoms with Crippen molar-refractivity contribution in [2.75, 3.05) is 26.4 Å². The first-order chi connectivity index (χ1) is 25.6. The van der Waals surface area contributed by atoms with Gasteiger partial charge in [0.15, 0.2) is 0 Å². The average Bonchev–Trinajstić information content (AvgIpc) is 3.18. The van der Waals surface area contributed by atoms with E-state index in [1.807, 2.05) is 10.4 Å². The normalized spacial score (nSPS) is 24.8. The molecule has 0 atom stereocenters. The van der Waals surface area contributed by atoms with Crippen molar-refractivity contribution < 1.29 is 9.47 Å². The van der Waals surface area contributed by atoms with Crippen LogP contribution in [0.4, 0.5) is 0 Å². The molecule has 2 saturated heterocycles. The summed E-state index contributed by atoms with van der Waals surface area (Å²) in [5.41, 5.74) is 0. The SMILES string of the molecule is C1COCCO1.C[Si]1(C)[Si](C)(C)[Si](C)(c2ccc3ccc4cccc5ccc2c3c45)[Si](C)(C)[Si](C)(C)[Si]1(C)c1ccc2ccc3cccc4ccc1c2c34. The molecule has 0 amide bonds. The van der Waals surface area contributed by atoms with Crippen LogP contribution >= 0.6 is 0 Å². The maximum atomic E-state index is 4.94. The van der Waals surface area contributed by atoms with Crippen molar-refractivity contribution >= 4 is 118 Å². The lowest BCUT2D eigenvalue weighted by Gasteiger charge is -2.74. The molecule has 2 nitrogen and oxygen atoms in total. The largest absolute Gasteiger partial charge is 0.377 e. The van der Waals surface area contributed by atoms with Crippen molar-refractivity contribution in [3.8, 4) is 0 Å². The molecule has 0 spiro atoms. The molecule has 0 N–H and O–H groups in total. The van der Waals surface area contributed by atoms with E-state index in [-0.39, 0.29) is 0 Å². The van der Waals surface area contributed by atoms with Crippen LogP contribution in [0.25, 0.3) is 64.6 Å². The first kappa shape index (κ1) is 36.7. The topological polar surface area (TPSA) is 18.5 Å². The minimum Gasteiger partial charge on any atom is -0.377 e. The Balaban J connectivity index is 0.000000586. The molecule has 0 aliphatic carbocycles. The third-order valence-corrected chi connectivity index (χ3v) is 165. The fraction of sp³-hybridized carbons (Fsp3) is 0.304. The molecule has 54 heavy (non-hydrogen) atoms. The third kappa shape index (κ3) is 4.48. The predicted molar refractivity (Wildman–Crippen MR) is 254 cm³/mol. The molecule has 2 aliphatic heterocycles. The van der Waals surface area contributed by atoms with E-state index >= 15 is 0 Å². The lowest BCUT2D eigenvalue weighted by Crippen LogP contribution is -3.05. The van der Waals surface area contributed by atoms with E-state index in [0.717, 1.165) is 26.4 Å². The maximum absolute atomic E-state index is 4.94. The second kappa shape index (κ2) is 12.3. The molecule has 2 heterocycles. The second-order valence-corrected chi connectivity index (χ2v) is 88.5. The minimum absolute atomic E-state index is 0.778. The highest BCUT2D eigenvalue weighted by Gasteiger charge is 2.79. The van der Waals surface area contributed by atoms with E-state index in [0.29, 0.717) is 0 Å². The van der Waals surface area contributed by atoms with Gasteiger partial charge in [0.2, 0.25) is 0 Å². The summed E-state index contributed by atoms with van der Waals surface area (Å²) < 4.78 is 9.89. The number of ether oxygens (including phenoxy) is 2. The van der Waals surface area contributed by atoms with Gasteiger partial charge in [-0.1, -0.05) is 185 Å². The average molecular weight is 809 g/mol. The van der Waals surface area contributed by atoms with Gasteiger partial charge in [-0.25, -0.2) is 0 Å². The molecule has 0 bridgehead atoms. The van der Waals surface area contributed by atoms with Gasteiger partial charge in [0.1, 0.15) is 0 Å². The van der Waals surface area contributed by atoms with Crippen molar-refractivity contribution in [3.05, 3.63) is 109 Å². The van der Waals surface area contributed by atoms with Crippen LogP contribution in [-0.2, 0) is 9.47 Å². The van der Waals surface area contributed by atoms with Crippen LogP contribution in [-0.4, -0.2) is 69.1 Å². The highest BCUT2D eigenvalue weighted by atomic mass is 30.2. The Hall–Kier alpha value is -2.94. The lowest BCUT2D eigenvalue weighted by molar-refractivity contribution is -0.0334. The zero-order valence-corrected chi connectivity index (χ0v) is 40.0. The Labute approximate surface area is 326 Å². The summed E-state index contributed by atoms with van der Waals surface area (Å²) in [5, 5.41) is 21.4. The smallest absolute Gasteiger partial charge is 0.0701 e. The van der Waals surface area contributed by atoms with E-state index in [4.69, 9.17) is 9.47 Å². The van der Waals surface area contributed by atoms with Gasteiger partial charge >= 0.3 is 0 Å². The summed E-state index contributed by atoms with van der Waals surface area (Å²) in [5.74, 6) is 0. The van der Waals surface area contributed by atoms with Crippen LogP contribution in [0.3, 0.4) is 0 Å². The molecule has 8 aromatic rings. The second-order valence-electron chi connectivity index (χ2n) is 18.9. The highest BCUT2D eigenvalue weighted by Crippen LogP contribution is 2.53. The Kier molecular flexibility index (Phi) is 8.34. The molecule has 0 aromatic heterocycles. The van der Waals surface area contributed by atoms with Crippen LogP contribution in [0.2, 0.25) is 65.5 Å². The van der Waals surface area contributed by atoms with Crippen molar-refractivity contribution in [3.63, 3.8) is 0 Å². The van der Waals surface area contributed by atoms with Gasteiger partial charge in [0.25, 0.3) is 0 Å². The highest BCUT2D eigenvalue weighted by molar-refractivity contribution is 8.16. The van der Waals surface area contributed by atoms with Gasteiger partial charge in [0.05, 0.1) is 40.6 Å². The van der Waals surface area contributed by atoms with Crippen LogP contribution < -0.4 is 10.4 Å². The Morgan fingerprint density at radius 1 is 0.315 bits per heavy atom. The van der Waals surface area contributed by atoms with Crippen molar-refractivity contribution in [2.45, 2.75) is 65.5 Å². The zero-order valence-electron chi connectivity index (χ0n) is 34.0. The van der Waals surface area contributed by atoms with Gasteiger partial charge in [-0.3, -0.25) is 0 Å². The summed E-state index contributed by atoms with van der Waals surface area (Å²) in [6.45, 7) is 32.6. The maximum Gasteiger partial charge on any atom is 0.0701 e. The molecule has 2 fully saturated rings. The van der Waals surface area contributed by atoms with E-state index < -0.39 is 42.7 Å². The molecule has 8 aromatic carbocycles. The van der Waals surface area contributed by atoms with E-state index in [1.54, 1.807) is 21.5 Å². The Morgan fingerprint density at radius 3 is 0.870 bits per heavy atom. The van der Waals surface area contributed by atoms with Gasteiger partial charge in [-0.2, -0.15) is 0 Å². The molecule has 276 valence electrons. The first-order valence-electron chi connectivity index (χ1n) is 20.1. The van der Waals surface area contributed by atoms with E-state index in [1.165, 1.54) is 43.1 Å².